The van der Waals surface area contributed by atoms with Gasteiger partial charge in [-0.15, -0.1) is 12.8 Å². The molecule has 0 radical (unpaired) electrons. The lowest BCUT2D eigenvalue weighted by molar-refractivity contribution is 1.39. The molecule has 0 spiro atoms. The second-order valence-electron chi connectivity index (χ2n) is 2.53. The van der Waals surface area contributed by atoms with E-state index in [2.05, 4.69) is 37.2 Å². The Morgan fingerprint density at radius 2 is 1.07 bits per heavy atom. The van der Waals surface area contributed by atoms with Gasteiger partial charge in [-0.05, 0) is 20.3 Å². The standard InChI is InChI=1S/C13H18.C2H2/c1-3-5-7-9-11-13-12-10-8-6-4-2;1-2/h3-11,13H,12H2,1-2H3;1-2H/b5-3-,6-4-,9-7-,10-8-,13-11+;. The Morgan fingerprint density at radius 1 is 0.667 bits per heavy atom. The highest BCUT2D eigenvalue weighted by molar-refractivity contribution is 5.12. The SMILES string of the molecule is C#C.C\C=C/C=C\C=C\C/C=C\C=C/C. The summed E-state index contributed by atoms with van der Waals surface area (Å²) in [6, 6.07) is 0. The molecule has 0 atom stereocenters. The highest BCUT2D eigenvalue weighted by Gasteiger charge is 1.67. The molecule has 0 N–H and O–H groups in total. The molecular weight excluding hydrogens is 180 g/mol. The second-order valence-corrected chi connectivity index (χ2v) is 2.53. The van der Waals surface area contributed by atoms with Gasteiger partial charge in [0.2, 0.25) is 0 Å². The minimum Gasteiger partial charge on any atom is -0.124 e. The summed E-state index contributed by atoms with van der Waals surface area (Å²) in [5.41, 5.74) is 0. The van der Waals surface area contributed by atoms with Crippen LogP contribution in [0, 0.1) is 12.8 Å². The quantitative estimate of drug-likeness (QED) is 0.454. The van der Waals surface area contributed by atoms with Crippen molar-refractivity contribution in [2.75, 3.05) is 0 Å². The molecule has 0 heteroatoms. The minimum atomic E-state index is 0.991. The van der Waals surface area contributed by atoms with Crippen molar-refractivity contribution in [2.24, 2.45) is 0 Å². The summed E-state index contributed by atoms with van der Waals surface area (Å²) in [5, 5.41) is 0. The molecule has 0 aromatic carbocycles. The average Bonchev–Trinajstić information content (AvgIpc) is 2.30. The molecule has 0 fully saturated rings. The van der Waals surface area contributed by atoms with E-state index in [1.54, 1.807) is 0 Å². The first-order valence-corrected chi connectivity index (χ1v) is 4.97. The fourth-order valence-corrected chi connectivity index (χ4v) is 0.743. The molecule has 15 heavy (non-hydrogen) atoms. The van der Waals surface area contributed by atoms with E-state index in [1.807, 2.05) is 50.3 Å². The number of hydrogen-bond acceptors (Lipinski definition) is 0. The molecule has 0 amide bonds. The lowest BCUT2D eigenvalue weighted by Gasteiger charge is -1.78. The molecule has 0 saturated carbocycles. The Hall–Kier alpha value is -1.74. The first kappa shape index (κ1) is 15.7. The van der Waals surface area contributed by atoms with E-state index < -0.39 is 0 Å². The van der Waals surface area contributed by atoms with Crippen molar-refractivity contribution < 1.29 is 0 Å². The fourth-order valence-electron chi connectivity index (χ4n) is 0.743. The summed E-state index contributed by atoms with van der Waals surface area (Å²) >= 11 is 0. The molecule has 0 unspecified atom stereocenters. The molecule has 0 aliphatic carbocycles. The van der Waals surface area contributed by atoms with Crippen LogP contribution in [-0.4, -0.2) is 0 Å². The number of rotatable bonds is 5. The minimum absolute atomic E-state index is 0.991. The maximum absolute atomic E-state index is 4.00. The largest absolute Gasteiger partial charge is 0.124 e. The Morgan fingerprint density at radius 3 is 1.60 bits per heavy atom. The second kappa shape index (κ2) is 18.1. The van der Waals surface area contributed by atoms with Gasteiger partial charge in [0, 0.05) is 0 Å². The van der Waals surface area contributed by atoms with Gasteiger partial charge in [0.05, 0.1) is 0 Å². The smallest absolute Gasteiger partial charge is 0.0163 e. The van der Waals surface area contributed by atoms with Crippen LogP contribution in [0.15, 0.2) is 60.8 Å². The summed E-state index contributed by atoms with van der Waals surface area (Å²) in [5.74, 6) is 0. The third-order valence-electron chi connectivity index (χ3n) is 1.37. The molecule has 0 heterocycles. The van der Waals surface area contributed by atoms with Gasteiger partial charge >= 0.3 is 0 Å². The van der Waals surface area contributed by atoms with Gasteiger partial charge in [0.25, 0.3) is 0 Å². The normalized spacial score (nSPS) is 12.0. The summed E-state index contributed by atoms with van der Waals surface area (Å²) in [6.45, 7) is 4.02. The lowest BCUT2D eigenvalue weighted by atomic mass is 10.3. The van der Waals surface area contributed by atoms with E-state index in [9.17, 15) is 0 Å². The number of hydrogen-bond donors (Lipinski definition) is 0. The van der Waals surface area contributed by atoms with Crippen LogP contribution in [-0.2, 0) is 0 Å². The Kier molecular flexibility index (Phi) is 19.0. The van der Waals surface area contributed by atoms with Crippen LogP contribution in [0.4, 0.5) is 0 Å². The number of allylic oxidation sites excluding steroid dienone is 10. The maximum atomic E-state index is 4.00. The van der Waals surface area contributed by atoms with Crippen LogP contribution in [0.25, 0.3) is 0 Å². The predicted octanol–water partition coefficient (Wildman–Crippen LogP) is 4.45. The lowest BCUT2D eigenvalue weighted by Crippen LogP contribution is -1.56. The van der Waals surface area contributed by atoms with Gasteiger partial charge in [-0.3, -0.25) is 0 Å². The van der Waals surface area contributed by atoms with Gasteiger partial charge in [-0.2, -0.15) is 0 Å². The highest BCUT2D eigenvalue weighted by Crippen LogP contribution is 1.88. The summed E-state index contributed by atoms with van der Waals surface area (Å²) < 4.78 is 0. The molecule has 0 aromatic heterocycles. The van der Waals surface area contributed by atoms with Crippen molar-refractivity contribution >= 4 is 0 Å². The molecule has 0 saturated heterocycles. The van der Waals surface area contributed by atoms with Gasteiger partial charge < -0.3 is 0 Å². The maximum Gasteiger partial charge on any atom is -0.0163 e. The summed E-state index contributed by atoms with van der Waals surface area (Å²) in [7, 11) is 0. The molecule has 80 valence electrons. The van der Waals surface area contributed by atoms with E-state index in [0.717, 1.165) is 6.42 Å². The zero-order valence-electron chi connectivity index (χ0n) is 9.64. The van der Waals surface area contributed by atoms with Crippen LogP contribution >= 0.6 is 0 Å². The zero-order valence-corrected chi connectivity index (χ0v) is 9.64. The molecule has 0 rings (SSSR count). The van der Waals surface area contributed by atoms with Crippen molar-refractivity contribution in [3.63, 3.8) is 0 Å². The molecule has 0 aromatic rings. The zero-order chi connectivity index (χ0) is 11.8. The number of terminal acetylenes is 1. The monoisotopic (exact) mass is 200 g/mol. The molecule has 0 aliphatic heterocycles. The van der Waals surface area contributed by atoms with E-state index >= 15 is 0 Å². The van der Waals surface area contributed by atoms with E-state index in [-0.39, 0.29) is 0 Å². The van der Waals surface area contributed by atoms with Crippen LogP contribution in [0.5, 0.6) is 0 Å². The predicted molar refractivity (Wildman–Crippen MR) is 71.6 cm³/mol. The van der Waals surface area contributed by atoms with E-state index in [4.69, 9.17) is 0 Å². The third-order valence-corrected chi connectivity index (χ3v) is 1.37. The first-order valence-electron chi connectivity index (χ1n) is 4.97. The van der Waals surface area contributed by atoms with Crippen molar-refractivity contribution in [2.45, 2.75) is 20.3 Å². The average molecular weight is 200 g/mol. The van der Waals surface area contributed by atoms with Crippen LogP contribution < -0.4 is 0 Å². The first-order chi connectivity index (χ1) is 7.41. The van der Waals surface area contributed by atoms with Gasteiger partial charge in [0.15, 0.2) is 0 Å². The molecular formula is C15H20. The Bertz CT molecular complexity index is 257. The van der Waals surface area contributed by atoms with Crippen LogP contribution in [0.2, 0.25) is 0 Å². The fraction of sp³-hybridized carbons (Fsp3) is 0.200. The van der Waals surface area contributed by atoms with Crippen molar-refractivity contribution in [3.8, 4) is 12.8 Å². The van der Waals surface area contributed by atoms with Crippen LogP contribution in [0.3, 0.4) is 0 Å². The third kappa shape index (κ3) is 18.9. The van der Waals surface area contributed by atoms with E-state index in [1.165, 1.54) is 0 Å². The summed E-state index contributed by atoms with van der Waals surface area (Å²) in [6.07, 6.45) is 29.5. The van der Waals surface area contributed by atoms with Crippen molar-refractivity contribution in [3.05, 3.63) is 60.8 Å². The van der Waals surface area contributed by atoms with Crippen molar-refractivity contribution in [1.82, 2.24) is 0 Å². The van der Waals surface area contributed by atoms with Gasteiger partial charge in [0.1, 0.15) is 0 Å². The summed E-state index contributed by atoms with van der Waals surface area (Å²) in [4.78, 5) is 0. The Labute approximate surface area is 94.4 Å². The van der Waals surface area contributed by atoms with E-state index in [0.29, 0.717) is 0 Å². The molecule has 0 aliphatic rings. The highest BCUT2D eigenvalue weighted by atomic mass is 13.7. The molecule has 0 nitrogen and oxygen atoms in total. The van der Waals surface area contributed by atoms with Crippen LogP contribution in [0.1, 0.15) is 20.3 Å². The van der Waals surface area contributed by atoms with Gasteiger partial charge in [-0.25, -0.2) is 0 Å². The topological polar surface area (TPSA) is 0 Å². The van der Waals surface area contributed by atoms with Gasteiger partial charge in [-0.1, -0.05) is 60.8 Å². The Balaban J connectivity index is 0. The van der Waals surface area contributed by atoms with Crippen molar-refractivity contribution in [1.29, 1.82) is 0 Å². The molecule has 0 bridgehead atoms.